The number of fused-ring (bicyclic) bond motifs is 10. The molecule has 7 nitrogen and oxygen atoms in total. The lowest BCUT2D eigenvalue weighted by Gasteiger charge is -2.29. The lowest BCUT2D eigenvalue weighted by Crippen LogP contribution is -2.35. The summed E-state index contributed by atoms with van der Waals surface area (Å²) < 4.78 is 160. The van der Waals surface area contributed by atoms with E-state index < -0.39 is 75.7 Å². The number of phenolic OH excluding ortho intramolecular Hbond substituents is 1. The molecule has 16 rings (SSSR count). The minimum absolute atomic E-state index is 0.0213. The monoisotopic (exact) mass is 1630 g/mol. The number of phenols is 1. The average molecular weight is 1630 g/mol. The predicted octanol–water partition coefficient (Wildman–Crippen LogP) is 30.5. The van der Waals surface area contributed by atoms with Gasteiger partial charge in [0.25, 0.3) is 0 Å². The van der Waals surface area contributed by atoms with Gasteiger partial charge in [0, 0.05) is 5.41 Å². The third-order valence-corrected chi connectivity index (χ3v) is 26.7. The molecule has 0 aromatic heterocycles. The molecule has 7 aliphatic rings. The minimum Gasteiger partial charge on any atom is -0.507 e. The van der Waals surface area contributed by atoms with E-state index in [0.717, 1.165) is 55.6 Å². The highest BCUT2D eigenvalue weighted by atomic mass is 19.2. The molecule has 7 aliphatic carbocycles. The smallest absolute Gasteiger partial charge is 0.208 e. The van der Waals surface area contributed by atoms with Crippen molar-refractivity contribution in [3.05, 3.63) is 272 Å². The van der Waals surface area contributed by atoms with Gasteiger partial charge in [0.1, 0.15) is 51.7 Å². The van der Waals surface area contributed by atoms with Gasteiger partial charge in [0.05, 0.1) is 0 Å². The Labute approximate surface area is 701 Å². The van der Waals surface area contributed by atoms with Crippen molar-refractivity contribution < 1.29 is 68.7 Å². The Hall–Kier alpha value is -9.50. The molecule has 15 heteroatoms. The molecule has 9 aromatic carbocycles. The summed E-state index contributed by atoms with van der Waals surface area (Å²) in [6.45, 7) is 43.2. The van der Waals surface area contributed by atoms with Gasteiger partial charge in [0.2, 0.25) is 46.4 Å². The van der Waals surface area contributed by atoms with Crippen LogP contribution in [0.1, 0.15) is 219 Å². The summed E-state index contributed by atoms with van der Waals surface area (Å²) in [5.74, 6) is -3.42. The van der Waals surface area contributed by atoms with Crippen molar-refractivity contribution in [2.24, 2.45) is 47.3 Å². The van der Waals surface area contributed by atoms with Crippen LogP contribution < -0.4 is 28.4 Å². The summed E-state index contributed by atoms with van der Waals surface area (Å²) >= 11 is 0. The number of hydrogen-bond donors (Lipinski definition) is 1. The molecule has 0 amide bonds. The van der Waals surface area contributed by atoms with E-state index in [1.165, 1.54) is 75.2 Å². The SMILES string of the molecule is C1CC2C3CCC(C3)C2C1.C1CC2C3CCC(C3)C2C1.Cc1cc(C)c(C)c(C)c1.Cc1cc(C)c(O)c(C)c1.Cc1cc(C)c(OC2=C(F)C(F)C(Oc3c(C)cc(Oc4c(C)cc(C(C)(C)c5cc(C)c(Oc6cc(C)c(Oc7c(F)c(F)c(Oc8c(C)cc(C)cc8C)c(F)c7F)c(C)c6)c(C)c5)cc4C)cc3C)C(F)=C2F)c(C)c1. The topological polar surface area (TPSA) is 75.6 Å². The Bertz CT molecular complexity index is 5100. The number of benzene rings is 9. The van der Waals surface area contributed by atoms with Gasteiger partial charge in [-0.2, -0.15) is 22.0 Å². The fourth-order valence-corrected chi connectivity index (χ4v) is 20.9. The highest BCUT2D eigenvalue weighted by Gasteiger charge is 2.50. The number of rotatable bonds is 14. The fourth-order valence-electron chi connectivity index (χ4n) is 20.9. The lowest BCUT2D eigenvalue weighted by atomic mass is 9.76. The normalized spacial score (nSPS) is 21.1. The van der Waals surface area contributed by atoms with Crippen molar-refractivity contribution in [3.8, 4) is 63.2 Å². The second kappa shape index (κ2) is 36.0. The van der Waals surface area contributed by atoms with Crippen LogP contribution in [0, 0.1) is 216 Å². The van der Waals surface area contributed by atoms with Crippen molar-refractivity contribution in [1.82, 2.24) is 0 Å². The third kappa shape index (κ3) is 18.7. The largest absolute Gasteiger partial charge is 0.507 e. The summed E-state index contributed by atoms with van der Waals surface area (Å²) in [6.07, 6.45) is 14.1. The van der Waals surface area contributed by atoms with Crippen molar-refractivity contribution in [2.45, 2.75) is 254 Å². The number of ether oxygens (including phenoxy) is 6. The van der Waals surface area contributed by atoms with Crippen molar-refractivity contribution in [3.63, 3.8) is 0 Å². The summed E-state index contributed by atoms with van der Waals surface area (Å²) in [6, 6.07) is 29.9. The van der Waals surface area contributed by atoms with Crippen LogP contribution in [0.5, 0.6) is 63.2 Å². The van der Waals surface area contributed by atoms with Gasteiger partial charge in [-0.1, -0.05) is 122 Å². The standard InChI is InChI=1S/C65H62F8O6.2C10H16.C10H14.C9H12O/c1-29-17-31(3)57(32(4)18-29)76-61-47(66)51(70)63(52(71)48(61)67)78-59-39(11)25-45(26-40(59)12)74-55-35(7)21-43(22-36(55)8)65(15,16)44-23-37(9)56(38(10)24-44)75-46-27-41(13)60(42(14)28-46)79-64-53(72)49(68)62(50(69)54(64)73)77-58-33(5)19-30(2)20-34(58)6;2*1-2-9-7-4-5-8(6-7)10(9)3-1;1-7-5-8(2)10(4)9(3)6-7;1-6-4-7(2)9(10)8(3)5-6/h17-28,51,63H,1-16H3;2*7-10H,1-6H2;5-6H,1-4H3;4-5,10H,1-3H3. The number of allylic oxidation sites excluding steroid dienone is 1. The summed E-state index contributed by atoms with van der Waals surface area (Å²) in [5, 5.41) is 9.33. The number of halogens is 8. The second-order valence-corrected chi connectivity index (χ2v) is 36.4. The first-order valence-corrected chi connectivity index (χ1v) is 42.5. The van der Waals surface area contributed by atoms with Crippen LogP contribution >= 0.6 is 0 Å². The van der Waals surface area contributed by atoms with Crippen LogP contribution in [0.2, 0.25) is 0 Å². The van der Waals surface area contributed by atoms with Crippen LogP contribution in [0.3, 0.4) is 0 Å². The van der Waals surface area contributed by atoms with Crippen LogP contribution in [-0.4, -0.2) is 17.4 Å². The molecule has 10 atom stereocenters. The van der Waals surface area contributed by atoms with E-state index in [1.807, 2.05) is 98.7 Å². The van der Waals surface area contributed by atoms with Gasteiger partial charge in [-0.25, -0.2) is 13.2 Å². The molecular weight excluding hydrogens is 1510 g/mol. The summed E-state index contributed by atoms with van der Waals surface area (Å²) in [5.41, 5.74) is 18.9. The molecule has 6 fully saturated rings. The van der Waals surface area contributed by atoms with E-state index in [9.17, 15) is 5.11 Å². The molecule has 0 heterocycles. The van der Waals surface area contributed by atoms with Crippen LogP contribution in [0.25, 0.3) is 0 Å². The molecule has 634 valence electrons. The number of aryl methyl sites for hydroxylation is 20. The molecule has 0 spiro atoms. The molecule has 6 saturated carbocycles. The first kappa shape index (κ1) is 88.8. The molecule has 1 N–H and O–H groups in total. The average Bonchev–Trinajstić information content (AvgIpc) is 0.844. The Morgan fingerprint density at radius 3 is 0.899 bits per heavy atom. The van der Waals surface area contributed by atoms with Crippen molar-refractivity contribution in [2.75, 3.05) is 0 Å². The van der Waals surface area contributed by atoms with E-state index in [1.54, 1.807) is 181 Å². The zero-order valence-electron chi connectivity index (χ0n) is 73.9. The van der Waals surface area contributed by atoms with E-state index in [2.05, 4.69) is 53.7 Å². The summed E-state index contributed by atoms with van der Waals surface area (Å²) in [4.78, 5) is 0. The van der Waals surface area contributed by atoms with E-state index >= 15 is 35.1 Å². The maximum atomic E-state index is 15.7. The molecule has 0 saturated heterocycles. The Morgan fingerprint density at radius 1 is 0.303 bits per heavy atom. The molecule has 119 heavy (non-hydrogen) atoms. The first-order chi connectivity index (χ1) is 56.1. The third-order valence-electron chi connectivity index (χ3n) is 26.7. The molecule has 9 aromatic rings. The number of alkyl halides is 1. The molecule has 0 aliphatic heterocycles. The molecule has 0 radical (unpaired) electrons. The van der Waals surface area contributed by atoms with Gasteiger partial charge in [-0.15, -0.1) is 0 Å². The molecule has 10 unspecified atom stereocenters. The van der Waals surface area contributed by atoms with E-state index in [-0.39, 0.29) is 23.0 Å². The minimum atomic E-state index is -2.70. The van der Waals surface area contributed by atoms with Gasteiger partial charge >= 0.3 is 0 Å². The van der Waals surface area contributed by atoms with Gasteiger partial charge in [-0.05, 0) is 387 Å². The second-order valence-electron chi connectivity index (χ2n) is 36.4. The zero-order valence-corrected chi connectivity index (χ0v) is 73.9. The maximum absolute atomic E-state index is 15.7. The van der Waals surface area contributed by atoms with Gasteiger partial charge < -0.3 is 33.5 Å². The Morgan fingerprint density at radius 2 is 0.571 bits per heavy atom. The highest BCUT2D eigenvalue weighted by Crippen LogP contribution is 2.60. The Kier molecular flexibility index (Phi) is 26.9. The Balaban J connectivity index is 0.000000255. The number of aromatic hydroxyl groups is 1. The fraction of sp³-hybridized carbons (Fsp3) is 0.442. The van der Waals surface area contributed by atoms with E-state index in [0.29, 0.717) is 73.3 Å². The van der Waals surface area contributed by atoms with Crippen molar-refractivity contribution >= 4 is 0 Å². The lowest BCUT2D eigenvalue weighted by molar-refractivity contribution is 0.0967. The van der Waals surface area contributed by atoms with Crippen LogP contribution in [-0.2, 0) is 5.41 Å². The first-order valence-electron chi connectivity index (χ1n) is 42.5. The molecular formula is C104H120F8O7. The van der Waals surface area contributed by atoms with Crippen molar-refractivity contribution in [1.29, 1.82) is 0 Å². The number of hydrogen-bond acceptors (Lipinski definition) is 7. The van der Waals surface area contributed by atoms with Gasteiger partial charge in [0.15, 0.2) is 23.9 Å². The van der Waals surface area contributed by atoms with Crippen LogP contribution in [0.4, 0.5) is 35.1 Å². The zero-order chi connectivity index (χ0) is 86.6. The van der Waals surface area contributed by atoms with Crippen LogP contribution in [0.15, 0.2) is 120 Å². The molecule has 4 bridgehead atoms. The summed E-state index contributed by atoms with van der Waals surface area (Å²) in [7, 11) is 0. The quantitative estimate of drug-likeness (QED) is 0.0859. The van der Waals surface area contributed by atoms with Gasteiger partial charge in [-0.3, -0.25) is 0 Å². The highest BCUT2D eigenvalue weighted by molar-refractivity contribution is 5.58. The van der Waals surface area contributed by atoms with E-state index in [4.69, 9.17) is 28.4 Å². The predicted molar refractivity (Wildman–Crippen MR) is 462 cm³/mol. The maximum Gasteiger partial charge on any atom is 0.208 e.